The van der Waals surface area contributed by atoms with Gasteiger partial charge in [0.1, 0.15) is 46.0 Å². The van der Waals surface area contributed by atoms with Gasteiger partial charge in [0.2, 0.25) is 0 Å². The fraction of sp³-hybridized carbons (Fsp3) is 0.426. The smallest absolute Gasteiger partial charge is 0.134 e. The van der Waals surface area contributed by atoms with Gasteiger partial charge in [-0.2, -0.15) is 0 Å². The van der Waals surface area contributed by atoms with E-state index in [4.69, 9.17) is 18.9 Å². The molecule has 0 radical (unpaired) electrons. The minimum atomic E-state index is -0.0141. The first-order valence-corrected chi connectivity index (χ1v) is 43.5. The number of aryl methyl sites for hydroxylation is 10. The van der Waals surface area contributed by atoms with E-state index < -0.39 is 0 Å². The summed E-state index contributed by atoms with van der Waals surface area (Å²) in [4.78, 5) is 0. The molecule has 11 aromatic rings. The lowest BCUT2D eigenvalue weighted by Gasteiger charge is -2.35. The molecule has 636 valence electrons. The maximum atomic E-state index is 6.73. The van der Waals surface area contributed by atoms with Crippen LogP contribution in [0, 0.1) is 298 Å². The van der Waals surface area contributed by atoms with Crippen LogP contribution >= 0.6 is 0 Å². The van der Waals surface area contributed by atoms with E-state index in [1.165, 1.54) is 239 Å². The van der Waals surface area contributed by atoms with Crippen LogP contribution in [-0.4, -0.2) is 0 Å². The fourth-order valence-corrected chi connectivity index (χ4v) is 16.8. The van der Waals surface area contributed by atoms with Crippen molar-refractivity contribution in [1.29, 1.82) is 0 Å². The summed E-state index contributed by atoms with van der Waals surface area (Å²) in [5.74, 6) is 7.93. The van der Waals surface area contributed by atoms with Crippen molar-refractivity contribution in [2.45, 2.75) is 336 Å². The van der Waals surface area contributed by atoms with Gasteiger partial charge in [0.05, 0.1) is 0 Å². The second kappa shape index (κ2) is 37.7. The third-order valence-corrected chi connectivity index (χ3v) is 30.2. The molecule has 0 atom stereocenters. The van der Waals surface area contributed by atoms with Crippen molar-refractivity contribution in [3.05, 3.63) is 328 Å². The molecule has 1 heterocycles. The van der Waals surface area contributed by atoms with Gasteiger partial charge < -0.3 is 18.9 Å². The van der Waals surface area contributed by atoms with Crippen LogP contribution < -0.4 is 18.9 Å². The highest BCUT2D eigenvalue weighted by molar-refractivity contribution is 5.66. The topological polar surface area (TPSA) is 36.9 Å². The van der Waals surface area contributed by atoms with Crippen molar-refractivity contribution in [3.8, 4) is 46.0 Å². The maximum absolute atomic E-state index is 6.73. The zero-order valence-corrected chi connectivity index (χ0v) is 83.5. The summed E-state index contributed by atoms with van der Waals surface area (Å²) in [5.41, 5.74) is 62.3. The average molecular weight is 1600 g/mol. The second-order valence-corrected chi connectivity index (χ2v) is 37.2. The minimum Gasteiger partial charge on any atom is -0.457 e. The largest absolute Gasteiger partial charge is 0.457 e. The zero-order chi connectivity index (χ0) is 90.4. The van der Waals surface area contributed by atoms with Gasteiger partial charge in [0.15, 0.2) is 0 Å². The van der Waals surface area contributed by atoms with Gasteiger partial charge in [0.25, 0.3) is 0 Å². The quantitative estimate of drug-likeness (QED) is 0.152. The first kappa shape index (κ1) is 96.7. The third-order valence-electron chi connectivity index (χ3n) is 30.2. The molecule has 0 unspecified atom stereocenters. The average Bonchev–Trinajstić information content (AvgIpc) is 0.748. The van der Waals surface area contributed by atoms with E-state index >= 15 is 0 Å². The number of ether oxygens (including phenoxy) is 4. The van der Waals surface area contributed by atoms with Crippen LogP contribution in [0.2, 0.25) is 0 Å². The van der Waals surface area contributed by atoms with E-state index in [0.717, 1.165) is 68.2 Å². The SMILES string of the molecule is Cc1c(C)c(C)c(C)c(C)c1C.Cc1c(C)c(C)c(Oc2c(C)c(C)c(C)c(C)c2C)c(C)c1C.Cc1c(C)c(C)c(Oc2c(C)c(C)c(Oc3c(C)c(C)c(C)c(C)c3C)c(C)c2C)c(C)c1C.Cc1cc(C)c(C)c(C)c1C.Cc1cc2c(cc1C)C(C)(C)c1cc(C)c(C)cc1O2.Cc1ccc(C(C)(C)c2ccc(C)c(C)c2)cc1C. The Morgan fingerprint density at radius 3 is 0.555 bits per heavy atom. The predicted molar refractivity (Wildman–Crippen MR) is 519 cm³/mol. The molecule has 11 aromatic carbocycles. The molecule has 0 aliphatic carbocycles. The Kier molecular flexibility index (Phi) is 30.7. The highest BCUT2D eigenvalue weighted by atomic mass is 16.5. The molecule has 0 saturated heterocycles. The molecule has 0 spiro atoms. The number of hydrogen-bond acceptors (Lipinski definition) is 4. The predicted octanol–water partition coefficient (Wildman–Crippen LogP) is 33.5. The lowest BCUT2D eigenvalue weighted by molar-refractivity contribution is 0.416. The summed E-state index contributed by atoms with van der Waals surface area (Å²) in [7, 11) is 0. The lowest BCUT2D eigenvalue weighted by atomic mass is 9.74. The maximum Gasteiger partial charge on any atom is 0.134 e. The first-order chi connectivity index (χ1) is 54.9. The van der Waals surface area contributed by atoms with Crippen molar-refractivity contribution in [3.63, 3.8) is 0 Å². The lowest BCUT2D eigenvalue weighted by Crippen LogP contribution is -2.25. The zero-order valence-electron chi connectivity index (χ0n) is 83.5. The molecule has 119 heavy (non-hydrogen) atoms. The van der Waals surface area contributed by atoms with E-state index in [1.54, 1.807) is 0 Å². The van der Waals surface area contributed by atoms with Gasteiger partial charge in [0, 0.05) is 22.0 Å². The van der Waals surface area contributed by atoms with Gasteiger partial charge in [-0.05, 0) is 560 Å². The third kappa shape index (κ3) is 19.3. The van der Waals surface area contributed by atoms with Crippen molar-refractivity contribution in [1.82, 2.24) is 0 Å². The normalized spacial score (nSPS) is 11.8. The molecule has 1 aliphatic heterocycles. The standard InChI is InChI=1S/C32H42O2.C22H30O.C19H22O.C19H24.C12H18.C11H16/c1-15-17(3)21(7)29(22(8)18(15)4)33-31-25(11)27(13)32(28(14)26(31)12)34-30-23(9)19(5)16(2)20(6)24(30)10;1-11-13(3)17(7)21(18(8)14(11)4)23-22-19(9)15(5)12(2)16(6)20(22)10;1-11-7-15-17(9-13(11)3)20-18-10-14(4)12(2)8-16(18)19(15,5)6;1-13-7-9-17(11-15(13)3)19(5,6)18-10-8-14(2)16(4)12-18;1-7-8(2)10(4)12(6)11(5)9(7)3;1-7-6-8(2)10(4)11(5)9(7)3/h1-14H3;1-10H3;7-10H,1-6H3;7-12H,1-6H3;1-6H3;6H,1-5H3. The van der Waals surface area contributed by atoms with Crippen molar-refractivity contribution >= 4 is 0 Å². The van der Waals surface area contributed by atoms with Gasteiger partial charge in [-0.1, -0.05) is 82.3 Å². The Morgan fingerprint density at radius 2 is 0.353 bits per heavy atom. The molecule has 4 nitrogen and oxygen atoms in total. The van der Waals surface area contributed by atoms with E-state index in [2.05, 4.69) is 392 Å². The molecule has 0 amide bonds. The molecule has 0 N–H and O–H groups in total. The van der Waals surface area contributed by atoms with Crippen LogP contribution in [0.1, 0.15) is 289 Å². The van der Waals surface area contributed by atoms with Crippen LogP contribution in [0.3, 0.4) is 0 Å². The van der Waals surface area contributed by atoms with Gasteiger partial charge >= 0.3 is 0 Å². The highest BCUT2D eigenvalue weighted by Gasteiger charge is 2.36. The molecule has 0 aromatic heterocycles. The molecule has 12 rings (SSSR count). The minimum absolute atomic E-state index is 0.0141. The van der Waals surface area contributed by atoms with Crippen LogP contribution in [0.4, 0.5) is 0 Å². The Bertz CT molecular complexity index is 5220. The van der Waals surface area contributed by atoms with E-state index in [-0.39, 0.29) is 10.8 Å². The summed E-state index contributed by atoms with van der Waals surface area (Å²) in [6.07, 6.45) is 0. The van der Waals surface area contributed by atoms with Crippen molar-refractivity contribution < 1.29 is 18.9 Å². The molecule has 4 heteroatoms. The van der Waals surface area contributed by atoms with Crippen LogP contribution in [0.5, 0.6) is 46.0 Å². The van der Waals surface area contributed by atoms with Crippen LogP contribution in [0.25, 0.3) is 0 Å². The van der Waals surface area contributed by atoms with E-state index in [9.17, 15) is 0 Å². The van der Waals surface area contributed by atoms with Crippen LogP contribution in [-0.2, 0) is 10.8 Å². The van der Waals surface area contributed by atoms with E-state index in [0.29, 0.717) is 0 Å². The Morgan fingerprint density at radius 1 is 0.185 bits per heavy atom. The summed E-state index contributed by atoms with van der Waals surface area (Å²) < 4.78 is 26.2. The molecule has 1 aliphatic rings. The molecule has 0 fully saturated rings. The van der Waals surface area contributed by atoms with Gasteiger partial charge in [-0.3, -0.25) is 0 Å². The van der Waals surface area contributed by atoms with Gasteiger partial charge in [-0.25, -0.2) is 0 Å². The summed E-state index contributed by atoms with van der Waals surface area (Å²) in [5, 5.41) is 0. The summed E-state index contributed by atoms with van der Waals surface area (Å²) in [6.45, 7) is 103. The molecular weight excluding hydrogens is 1450 g/mol. The van der Waals surface area contributed by atoms with Crippen molar-refractivity contribution in [2.75, 3.05) is 0 Å². The molecule has 0 saturated carbocycles. The Balaban J connectivity index is 0.000000205. The number of benzene rings is 11. The van der Waals surface area contributed by atoms with Crippen molar-refractivity contribution in [2.24, 2.45) is 0 Å². The summed E-state index contributed by atoms with van der Waals surface area (Å²) in [6, 6.07) is 24.8. The fourth-order valence-electron chi connectivity index (χ4n) is 16.8. The molecule has 0 bridgehead atoms. The number of fused-ring (bicyclic) bond motifs is 2. The monoisotopic (exact) mass is 1600 g/mol. The number of rotatable bonds is 8. The van der Waals surface area contributed by atoms with Gasteiger partial charge in [-0.15, -0.1) is 0 Å². The molecular formula is C115H152O4. The Hall–Kier alpha value is -9.38. The van der Waals surface area contributed by atoms with Crippen LogP contribution in [0.15, 0.2) is 66.7 Å². The number of hydrogen-bond donors (Lipinski definition) is 0. The highest BCUT2D eigenvalue weighted by Crippen LogP contribution is 2.51. The van der Waals surface area contributed by atoms with E-state index in [1.807, 2.05) is 0 Å². The Labute approximate surface area is 724 Å². The first-order valence-electron chi connectivity index (χ1n) is 43.5. The summed E-state index contributed by atoms with van der Waals surface area (Å²) >= 11 is 0. The second-order valence-electron chi connectivity index (χ2n) is 37.2.